The number of rotatable bonds is 9. The van der Waals surface area contributed by atoms with Gasteiger partial charge in [0.2, 0.25) is 11.8 Å². The number of aromatic amines is 1. The number of anilines is 1. The highest BCUT2D eigenvalue weighted by atomic mass is 16.5. The third kappa shape index (κ3) is 6.65. The van der Waals surface area contributed by atoms with Crippen LogP contribution in [-0.2, 0) is 27.3 Å². The maximum Gasteiger partial charge on any atom is 0.355 e. The molecule has 1 saturated heterocycles. The Hall–Kier alpha value is -3.29. The van der Waals surface area contributed by atoms with E-state index in [0.29, 0.717) is 44.8 Å². The predicted octanol–water partition coefficient (Wildman–Crippen LogP) is 3.36. The van der Waals surface area contributed by atoms with Gasteiger partial charge in [0.15, 0.2) is 0 Å². The lowest BCUT2D eigenvalue weighted by Gasteiger charge is -2.32. The summed E-state index contributed by atoms with van der Waals surface area (Å²) in [4.78, 5) is 44.8. The summed E-state index contributed by atoms with van der Waals surface area (Å²) in [6, 6.07) is 8.10. The molecule has 1 fully saturated rings. The molecule has 3 rings (SSSR count). The maximum atomic E-state index is 13.0. The number of hydrogen-bond donors (Lipinski definition) is 2. The molecule has 190 valence electrons. The minimum absolute atomic E-state index is 0.00409. The zero-order chi connectivity index (χ0) is 25.5. The second-order valence-corrected chi connectivity index (χ2v) is 9.41. The number of benzene rings is 1. The molecule has 1 unspecified atom stereocenters. The molecule has 0 bridgehead atoms. The molecule has 0 saturated carbocycles. The summed E-state index contributed by atoms with van der Waals surface area (Å²) in [5, 5.41) is 3.03. The van der Waals surface area contributed by atoms with E-state index in [2.05, 4.69) is 10.3 Å². The van der Waals surface area contributed by atoms with Gasteiger partial charge in [-0.05, 0) is 68.9 Å². The molecule has 35 heavy (non-hydrogen) atoms. The van der Waals surface area contributed by atoms with Crippen molar-refractivity contribution in [2.45, 2.75) is 53.0 Å². The maximum absolute atomic E-state index is 13.0. The van der Waals surface area contributed by atoms with E-state index in [1.54, 1.807) is 6.92 Å². The second kappa shape index (κ2) is 11.9. The summed E-state index contributed by atoms with van der Waals surface area (Å²) in [5.41, 5.74) is 5.32. The number of aryl methyl sites for hydroxylation is 1. The van der Waals surface area contributed by atoms with Crippen molar-refractivity contribution in [1.82, 2.24) is 15.2 Å². The molecule has 2 heterocycles. The third-order valence-corrected chi connectivity index (χ3v) is 6.73. The number of hydrogen-bond acceptors (Lipinski definition) is 5. The largest absolute Gasteiger partial charge is 0.461 e. The standard InChI is InChI=1S/C27H38N4O4/c1-6-35-27(34)25-18(2)23(19(3)29-25)13-14-24(32)31-15-7-8-21(17-31)26(33)28-16-20-9-11-22(12-10-20)30(4)5/h9-12,21,29H,6-8,13-17H2,1-5H3,(H,28,33). The number of piperidine rings is 1. The Labute approximate surface area is 208 Å². The molecule has 2 amide bonds. The van der Waals surface area contributed by atoms with Gasteiger partial charge in [0.25, 0.3) is 0 Å². The lowest BCUT2D eigenvalue weighted by atomic mass is 9.96. The van der Waals surface area contributed by atoms with Gasteiger partial charge < -0.3 is 24.8 Å². The van der Waals surface area contributed by atoms with Crippen LogP contribution in [0, 0.1) is 19.8 Å². The number of esters is 1. The molecule has 1 atom stereocenters. The number of likely N-dealkylation sites (tertiary alicyclic amines) is 1. The Morgan fingerprint density at radius 1 is 1.17 bits per heavy atom. The van der Waals surface area contributed by atoms with Crippen LogP contribution in [0.5, 0.6) is 0 Å². The van der Waals surface area contributed by atoms with Crippen molar-refractivity contribution in [3.05, 3.63) is 52.3 Å². The Morgan fingerprint density at radius 2 is 1.89 bits per heavy atom. The summed E-state index contributed by atoms with van der Waals surface area (Å²) in [6.07, 6.45) is 2.49. The number of ether oxygens (including phenoxy) is 1. The highest BCUT2D eigenvalue weighted by molar-refractivity contribution is 5.90. The monoisotopic (exact) mass is 482 g/mol. The first kappa shape index (κ1) is 26.3. The topological polar surface area (TPSA) is 94.7 Å². The van der Waals surface area contributed by atoms with E-state index in [1.165, 1.54) is 0 Å². The van der Waals surface area contributed by atoms with Crippen LogP contribution in [0.25, 0.3) is 0 Å². The van der Waals surface area contributed by atoms with Crippen LogP contribution >= 0.6 is 0 Å². The Kier molecular flexibility index (Phi) is 8.95. The number of amides is 2. The summed E-state index contributed by atoms with van der Waals surface area (Å²) in [5.74, 6) is -0.529. The summed E-state index contributed by atoms with van der Waals surface area (Å²) in [7, 11) is 3.99. The molecule has 1 aromatic heterocycles. The molecule has 0 radical (unpaired) electrons. The first-order valence-electron chi connectivity index (χ1n) is 12.4. The number of nitrogens with one attached hydrogen (secondary N) is 2. The van der Waals surface area contributed by atoms with Crippen molar-refractivity contribution in [2.75, 3.05) is 38.7 Å². The quantitative estimate of drug-likeness (QED) is 0.535. The predicted molar refractivity (Wildman–Crippen MR) is 136 cm³/mol. The van der Waals surface area contributed by atoms with Crippen LogP contribution in [-0.4, -0.2) is 61.5 Å². The van der Waals surface area contributed by atoms with E-state index < -0.39 is 0 Å². The van der Waals surface area contributed by atoms with E-state index in [0.717, 1.165) is 40.9 Å². The van der Waals surface area contributed by atoms with Crippen LogP contribution in [0.3, 0.4) is 0 Å². The average Bonchev–Trinajstić information content (AvgIpc) is 3.14. The number of carbonyl (C=O) groups is 3. The van der Waals surface area contributed by atoms with E-state index in [1.807, 2.05) is 62.0 Å². The number of carbonyl (C=O) groups excluding carboxylic acids is 3. The van der Waals surface area contributed by atoms with Crippen LogP contribution in [0.1, 0.15) is 59.1 Å². The van der Waals surface area contributed by atoms with Crippen LogP contribution in [0.15, 0.2) is 24.3 Å². The number of aromatic nitrogens is 1. The molecule has 8 nitrogen and oxygen atoms in total. The first-order chi connectivity index (χ1) is 16.7. The minimum atomic E-state index is -0.371. The average molecular weight is 483 g/mol. The molecule has 8 heteroatoms. The van der Waals surface area contributed by atoms with Crippen molar-refractivity contribution in [1.29, 1.82) is 0 Å². The Bertz CT molecular complexity index is 1040. The van der Waals surface area contributed by atoms with Gasteiger partial charge in [-0.2, -0.15) is 0 Å². The van der Waals surface area contributed by atoms with Gasteiger partial charge in [-0.1, -0.05) is 12.1 Å². The fourth-order valence-electron chi connectivity index (χ4n) is 4.62. The zero-order valence-electron chi connectivity index (χ0n) is 21.6. The Morgan fingerprint density at radius 3 is 2.54 bits per heavy atom. The molecule has 0 aliphatic carbocycles. The van der Waals surface area contributed by atoms with E-state index in [-0.39, 0.29) is 23.7 Å². The molecular weight excluding hydrogens is 444 g/mol. The Balaban J connectivity index is 1.52. The van der Waals surface area contributed by atoms with Crippen molar-refractivity contribution < 1.29 is 19.1 Å². The summed E-state index contributed by atoms with van der Waals surface area (Å²) >= 11 is 0. The van der Waals surface area contributed by atoms with Gasteiger partial charge >= 0.3 is 5.97 Å². The number of H-pyrrole nitrogens is 1. The molecule has 2 N–H and O–H groups in total. The van der Waals surface area contributed by atoms with Gasteiger partial charge in [-0.15, -0.1) is 0 Å². The fourth-order valence-corrected chi connectivity index (χ4v) is 4.62. The zero-order valence-corrected chi connectivity index (χ0v) is 21.6. The van der Waals surface area contributed by atoms with Crippen LogP contribution in [0.2, 0.25) is 0 Å². The summed E-state index contributed by atoms with van der Waals surface area (Å²) in [6.45, 7) is 7.48. The van der Waals surface area contributed by atoms with E-state index in [4.69, 9.17) is 4.74 Å². The van der Waals surface area contributed by atoms with Crippen molar-refractivity contribution in [3.63, 3.8) is 0 Å². The van der Waals surface area contributed by atoms with Gasteiger partial charge in [0.05, 0.1) is 12.5 Å². The molecule has 2 aromatic rings. The molecular formula is C27H38N4O4. The second-order valence-electron chi connectivity index (χ2n) is 9.41. The summed E-state index contributed by atoms with van der Waals surface area (Å²) < 4.78 is 5.11. The van der Waals surface area contributed by atoms with Crippen molar-refractivity contribution in [2.24, 2.45) is 5.92 Å². The third-order valence-electron chi connectivity index (χ3n) is 6.73. The molecule has 1 aliphatic heterocycles. The van der Waals surface area contributed by atoms with Crippen LogP contribution < -0.4 is 10.2 Å². The fraction of sp³-hybridized carbons (Fsp3) is 0.519. The highest BCUT2D eigenvalue weighted by Crippen LogP contribution is 2.22. The van der Waals surface area contributed by atoms with Crippen molar-refractivity contribution >= 4 is 23.5 Å². The van der Waals surface area contributed by atoms with E-state index in [9.17, 15) is 14.4 Å². The van der Waals surface area contributed by atoms with Gasteiger partial charge in [0.1, 0.15) is 5.69 Å². The highest BCUT2D eigenvalue weighted by Gasteiger charge is 2.28. The van der Waals surface area contributed by atoms with Crippen LogP contribution in [0.4, 0.5) is 5.69 Å². The van der Waals surface area contributed by atoms with Gasteiger partial charge in [-0.3, -0.25) is 9.59 Å². The SMILES string of the molecule is CCOC(=O)c1[nH]c(C)c(CCC(=O)N2CCCC(C(=O)NCc3ccc(N(C)C)cc3)C2)c1C. The molecule has 0 spiro atoms. The molecule has 1 aliphatic rings. The smallest absolute Gasteiger partial charge is 0.355 e. The molecule has 1 aromatic carbocycles. The first-order valence-corrected chi connectivity index (χ1v) is 12.4. The van der Waals surface area contributed by atoms with Gasteiger partial charge in [0, 0.05) is 51.5 Å². The number of nitrogens with zero attached hydrogens (tertiary/aromatic N) is 2. The lowest BCUT2D eigenvalue weighted by molar-refractivity contribution is -0.135. The van der Waals surface area contributed by atoms with Gasteiger partial charge in [-0.25, -0.2) is 4.79 Å². The lowest BCUT2D eigenvalue weighted by Crippen LogP contribution is -2.45. The minimum Gasteiger partial charge on any atom is -0.461 e. The van der Waals surface area contributed by atoms with Crippen molar-refractivity contribution in [3.8, 4) is 0 Å². The normalized spacial score (nSPS) is 15.6. The van der Waals surface area contributed by atoms with E-state index >= 15 is 0 Å².